The van der Waals surface area contributed by atoms with Crippen molar-refractivity contribution in [2.75, 3.05) is 0 Å². The number of aryl methyl sites for hydroxylation is 2. The first kappa shape index (κ1) is 42.7. The van der Waals surface area contributed by atoms with Gasteiger partial charge in [-0.05, 0) is 91.4 Å². The molecule has 3 aromatic carbocycles. The van der Waals surface area contributed by atoms with E-state index in [0.29, 0.717) is 22.5 Å². The fraction of sp³-hybridized carbons (Fsp3) is 0.333. The van der Waals surface area contributed by atoms with Crippen LogP contribution in [0.1, 0.15) is 124 Å². The minimum atomic E-state index is -0.686. The molecule has 0 atom stereocenters. The second kappa shape index (κ2) is 24.4. The molecule has 0 bridgehead atoms. The first-order valence-corrected chi connectivity index (χ1v) is 22.1. The average Bonchev–Trinajstić information content (AvgIpc) is 3.21. The number of aromatic nitrogens is 2. The first-order chi connectivity index (χ1) is 26.5. The van der Waals surface area contributed by atoms with E-state index >= 15 is 8.78 Å². The number of unbranched alkanes of at least 4 members (excludes halogenated alkanes) is 10. The van der Waals surface area contributed by atoms with Crippen molar-refractivity contribution in [3.8, 4) is 46.2 Å². The van der Waals surface area contributed by atoms with Gasteiger partial charge in [-0.15, -0.1) is 0 Å². The van der Waals surface area contributed by atoms with Crippen molar-refractivity contribution in [2.45, 2.75) is 104 Å². The van der Waals surface area contributed by atoms with Crippen LogP contribution in [0.3, 0.4) is 0 Å². The Kier molecular flexibility index (Phi) is 19.2. The summed E-state index contributed by atoms with van der Waals surface area (Å²) < 4.78 is 30.0. The molecule has 0 spiro atoms. The molecule has 283 valence electrons. The van der Waals surface area contributed by atoms with E-state index < -0.39 is 11.6 Å². The van der Waals surface area contributed by atoms with E-state index in [9.17, 15) is 0 Å². The minimum absolute atomic E-state index is 0.197. The van der Waals surface area contributed by atoms with E-state index in [1.54, 1.807) is 55.4 Å². The van der Waals surface area contributed by atoms with Crippen LogP contribution in [0.2, 0.25) is 0 Å². The van der Waals surface area contributed by atoms with Crippen molar-refractivity contribution >= 4 is 9.42 Å². The van der Waals surface area contributed by atoms with E-state index in [1.807, 2.05) is 0 Å². The molecule has 5 rings (SSSR count). The van der Waals surface area contributed by atoms with Crippen LogP contribution in [0.25, 0.3) is 22.5 Å². The van der Waals surface area contributed by atoms with E-state index in [2.05, 4.69) is 105 Å². The summed E-state index contributed by atoms with van der Waals surface area (Å²) in [6.45, 7) is 4.49. The van der Waals surface area contributed by atoms with Gasteiger partial charge in [0, 0.05) is 51.8 Å². The summed E-state index contributed by atoms with van der Waals surface area (Å²) in [5.74, 6) is 11.3. The molecule has 0 aliphatic heterocycles. The monoisotopic (exact) mass is 922 g/mol. The van der Waals surface area contributed by atoms with Gasteiger partial charge in [0.05, 0.1) is 11.4 Å². The Morgan fingerprint density at radius 1 is 0.463 bits per heavy atom. The van der Waals surface area contributed by atoms with Gasteiger partial charge in [0.1, 0.15) is 11.6 Å². The van der Waals surface area contributed by atoms with Gasteiger partial charge >= 0.3 is 28.2 Å². The molecule has 2 aromatic heterocycles. The molecule has 0 aliphatic carbocycles. The van der Waals surface area contributed by atoms with Gasteiger partial charge in [0.15, 0.2) is 0 Å². The molecule has 2 nitrogen and oxygen atoms in total. The number of benzene rings is 3. The van der Waals surface area contributed by atoms with Crippen molar-refractivity contribution in [1.29, 1.82) is 0 Å². The molecule has 6 heteroatoms. The zero-order valence-electron chi connectivity index (χ0n) is 31.5. The van der Waals surface area contributed by atoms with Gasteiger partial charge in [-0.25, -0.2) is 8.78 Å². The zero-order valence-corrected chi connectivity index (χ0v) is 34.5. The molecule has 0 unspecified atom stereocenters. The van der Waals surface area contributed by atoms with Gasteiger partial charge in [-0.2, -0.15) is 0 Å². The molecular formula is C48H50ClF2N2Pt. The molecule has 0 aliphatic rings. The van der Waals surface area contributed by atoms with Crippen molar-refractivity contribution in [1.82, 2.24) is 9.97 Å². The van der Waals surface area contributed by atoms with Gasteiger partial charge in [0.25, 0.3) is 0 Å². The second-order valence-electron chi connectivity index (χ2n) is 13.6. The van der Waals surface area contributed by atoms with E-state index in [0.717, 1.165) is 30.0 Å². The summed E-state index contributed by atoms with van der Waals surface area (Å²) in [5.41, 5.74) is 7.14. The maximum atomic E-state index is 15.0. The van der Waals surface area contributed by atoms with Crippen molar-refractivity contribution in [2.24, 2.45) is 0 Å². The summed E-state index contributed by atoms with van der Waals surface area (Å²) in [7, 11) is 4.61. The molecule has 0 saturated heterocycles. The standard InChI is InChI=1S/C48H50F2N2.ClH.Pt/c1-3-5-7-9-11-13-15-37-17-21-39(22-18-37)25-27-41-29-31-47(51-35-41)43-33-44(46(50)34-45(43)49)48-32-30-42(36-52-48)28-26-40-23-19-38(20-24-40)16-14-12-10-8-6-4-2;;/h17-24,29-36H,3-16H2,1-2H3;1H;/q;;+1/p-1. The van der Waals surface area contributed by atoms with Crippen LogP contribution >= 0.6 is 9.42 Å². The van der Waals surface area contributed by atoms with Gasteiger partial charge in [-0.1, -0.05) is 126 Å². The molecule has 2 heterocycles. The Morgan fingerprint density at radius 2 is 0.815 bits per heavy atom. The molecule has 0 saturated carbocycles. The van der Waals surface area contributed by atoms with Gasteiger partial charge in [0.2, 0.25) is 0 Å². The molecule has 0 amide bonds. The quantitative estimate of drug-likeness (QED) is 0.0728. The van der Waals surface area contributed by atoms with Gasteiger partial charge in [-0.3, -0.25) is 9.97 Å². The van der Waals surface area contributed by atoms with Crippen LogP contribution in [0.15, 0.2) is 97.3 Å². The number of pyridine rings is 2. The third kappa shape index (κ3) is 14.3. The summed E-state index contributed by atoms with van der Waals surface area (Å²) in [6.07, 6.45) is 20.9. The van der Waals surface area contributed by atoms with E-state index in [-0.39, 0.29) is 11.1 Å². The first-order valence-electron chi connectivity index (χ1n) is 19.3. The molecule has 0 fully saturated rings. The Hall–Kier alpha value is -4.08. The van der Waals surface area contributed by atoms with Crippen LogP contribution < -0.4 is 0 Å². The van der Waals surface area contributed by atoms with E-state index in [4.69, 9.17) is 0 Å². The van der Waals surface area contributed by atoms with Crippen LogP contribution in [0, 0.1) is 35.3 Å². The Morgan fingerprint density at radius 3 is 1.19 bits per heavy atom. The zero-order chi connectivity index (χ0) is 38.4. The summed E-state index contributed by atoms with van der Waals surface area (Å²) in [5, 5.41) is 0. The van der Waals surface area contributed by atoms with Crippen molar-refractivity contribution < 1.29 is 27.6 Å². The third-order valence-corrected chi connectivity index (χ3v) is 9.38. The van der Waals surface area contributed by atoms with Crippen LogP contribution in [0.5, 0.6) is 0 Å². The number of hydrogen-bond acceptors (Lipinski definition) is 2. The molecule has 5 aromatic rings. The fourth-order valence-corrected chi connectivity index (χ4v) is 6.21. The Labute approximate surface area is 337 Å². The number of nitrogens with zero attached hydrogens (tertiary/aromatic N) is 2. The number of hydrogen-bond donors (Lipinski definition) is 0. The van der Waals surface area contributed by atoms with Crippen LogP contribution in [-0.2, 0) is 31.6 Å². The average molecular weight is 923 g/mol. The van der Waals surface area contributed by atoms with Crippen LogP contribution in [-0.4, -0.2) is 9.97 Å². The van der Waals surface area contributed by atoms with Crippen molar-refractivity contribution in [3.05, 3.63) is 142 Å². The van der Waals surface area contributed by atoms with E-state index in [1.165, 1.54) is 94.2 Å². The van der Waals surface area contributed by atoms with Crippen LogP contribution in [0.4, 0.5) is 8.78 Å². The number of halogens is 3. The molecule has 0 N–H and O–H groups in total. The topological polar surface area (TPSA) is 25.8 Å². The molecular weight excluding hydrogens is 873 g/mol. The maximum absolute atomic E-state index is 15.0. The fourth-order valence-electron chi connectivity index (χ4n) is 6.21. The Bertz CT molecular complexity index is 1830. The predicted molar refractivity (Wildman–Crippen MR) is 218 cm³/mol. The Balaban J connectivity index is 0.00000319. The SMILES string of the molecule is CCCCCCCCc1ccc(C#Cc2ccc(-c3cc(-c4ccc(C#Cc5ccc(CCCCCCCC)cc5)cn4)c(F)cc3F)nc2)cc1.[Cl][Pt]. The molecule has 54 heavy (non-hydrogen) atoms. The predicted octanol–water partition coefficient (Wildman–Crippen LogP) is 13.4. The van der Waals surface area contributed by atoms with Crippen molar-refractivity contribution in [3.63, 3.8) is 0 Å². The summed E-state index contributed by atoms with van der Waals surface area (Å²) >= 11 is 1.61. The summed E-state index contributed by atoms with van der Waals surface area (Å²) in [6, 6.07) is 26.2. The number of rotatable bonds is 16. The van der Waals surface area contributed by atoms with Gasteiger partial charge < -0.3 is 0 Å². The third-order valence-electron chi connectivity index (χ3n) is 9.38. The summed E-state index contributed by atoms with van der Waals surface area (Å²) in [4.78, 5) is 8.92. The molecule has 0 radical (unpaired) electrons. The second-order valence-corrected chi connectivity index (χ2v) is 13.6. The normalized spacial score (nSPS) is 10.4.